The SMILES string of the molecule is Nc1cc(Cl)c(Cl)c(Cl)c1.Nc1ccc(Cl)cc1Cl. The third-order valence-electron chi connectivity index (χ3n) is 1.97. The highest BCUT2D eigenvalue weighted by molar-refractivity contribution is 6.48. The molecule has 0 saturated heterocycles. The molecule has 102 valence electrons. The van der Waals surface area contributed by atoms with Gasteiger partial charge >= 0.3 is 0 Å². The Morgan fingerprint density at radius 2 is 1.21 bits per heavy atom. The lowest BCUT2D eigenvalue weighted by molar-refractivity contribution is 1.68. The minimum Gasteiger partial charge on any atom is -0.399 e. The maximum atomic E-state index is 5.63. The van der Waals surface area contributed by atoms with Crippen LogP contribution >= 0.6 is 58.0 Å². The summed E-state index contributed by atoms with van der Waals surface area (Å²) in [5.41, 5.74) is 11.9. The van der Waals surface area contributed by atoms with Gasteiger partial charge in [-0.05, 0) is 30.3 Å². The molecule has 0 aliphatic carbocycles. The molecular formula is C12H9Cl5N2. The largest absolute Gasteiger partial charge is 0.399 e. The van der Waals surface area contributed by atoms with Crippen LogP contribution < -0.4 is 11.5 Å². The van der Waals surface area contributed by atoms with Crippen molar-refractivity contribution in [3.05, 3.63) is 55.4 Å². The lowest BCUT2D eigenvalue weighted by Gasteiger charge is -1.99. The maximum absolute atomic E-state index is 5.63. The normalized spacial score (nSPS) is 9.74. The third kappa shape index (κ3) is 5.17. The second kappa shape index (κ2) is 7.32. The van der Waals surface area contributed by atoms with Gasteiger partial charge in [-0.1, -0.05) is 58.0 Å². The molecule has 19 heavy (non-hydrogen) atoms. The van der Waals surface area contributed by atoms with Gasteiger partial charge in [-0.3, -0.25) is 0 Å². The van der Waals surface area contributed by atoms with Crippen LogP contribution in [0.5, 0.6) is 0 Å². The second-order valence-electron chi connectivity index (χ2n) is 3.46. The van der Waals surface area contributed by atoms with E-state index >= 15 is 0 Å². The molecule has 7 heteroatoms. The van der Waals surface area contributed by atoms with Gasteiger partial charge in [0.15, 0.2) is 0 Å². The second-order valence-corrected chi connectivity index (χ2v) is 5.50. The molecule has 0 bridgehead atoms. The first-order valence-electron chi connectivity index (χ1n) is 4.91. The number of rotatable bonds is 0. The summed E-state index contributed by atoms with van der Waals surface area (Å²) in [4.78, 5) is 0. The molecule has 2 nitrogen and oxygen atoms in total. The highest BCUT2D eigenvalue weighted by atomic mass is 35.5. The first-order valence-corrected chi connectivity index (χ1v) is 6.80. The Morgan fingerprint density at radius 3 is 1.63 bits per heavy atom. The van der Waals surface area contributed by atoms with E-state index in [1.807, 2.05) is 0 Å². The van der Waals surface area contributed by atoms with Crippen LogP contribution in [-0.4, -0.2) is 0 Å². The summed E-state index contributed by atoms with van der Waals surface area (Å²) in [6, 6.07) is 8.08. The molecule has 0 radical (unpaired) electrons. The molecule has 0 aliphatic heterocycles. The van der Waals surface area contributed by atoms with Crippen molar-refractivity contribution in [1.82, 2.24) is 0 Å². The van der Waals surface area contributed by atoms with E-state index in [1.165, 1.54) is 0 Å². The number of hydrogen-bond donors (Lipinski definition) is 2. The van der Waals surface area contributed by atoms with E-state index in [4.69, 9.17) is 69.5 Å². The van der Waals surface area contributed by atoms with Gasteiger partial charge in [0.05, 0.1) is 25.8 Å². The van der Waals surface area contributed by atoms with Gasteiger partial charge in [-0.2, -0.15) is 0 Å². The average Bonchev–Trinajstić information content (AvgIpc) is 2.32. The zero-order valence-electron chi connectivity index (χ0n) is 9.43. The van der Waals surface area contributed by atoms with Crippen LogP contribution in [-0.2, 0) is 0 Å². The van der Waals surface area contributed by atoms with Gasteiger partial charge in [-0.25, -0.2) is 0 Å². The summed E-state index contributed by atoms with van der Waals surface area (Å²) < 4.78 is 0. The Morgan fingerprint density at radius 1 is 0.684 bits per heavy atom. The quantitative estimate of drug-likeness (QED) is 0.461. The van der Waals surface area contributed by atoms with E-state index in [1.54, 1.807) is 30.3 Å². The van der Waals surface area contributed by atoms with E-state index in [2.05, 4.69) is 0 Å². The molecule has 0 amide bonds. The van der Waals surface area contributed by atoms with Crippen molar-refractivity contribution in [1.29, 1.82) is 0 Å². The number of benzene rings is 2. The minimum absolute atomic E-state index is 0.345. The van der Waals surface area contributed by atoms with Crippen LogP contribution in [0.1, 0.15) is 0 Å². The van der Waals surface area contributed by atoms with Gasteiger partial charge in [0.2, 0.25) is 0 Å². The summed E-state index contributed by atoms with van der Waals surface area (Å²) in [6.45, 7) is 0. The fourth-order valence-electron chi connectivity index (χ4n) is 1.08. The monoisotopic (exact) mass is 356 g/mol. The molecule has 0 fully saturated rings. The maximum Gasteiger partial charge on any atom is 0.0780 e. The van der Waals surface area contributed by atoms with Crippen LogP contribution in [0.25, 0.3) is 0 Å². The molecule has 0 atom stereocenters. The molecule has 0 spiro atoms. The molecule has 0 aliphatic rings. The van der Waals surface area contributed by atoms with Crippen molar-refractivity contribution in [3.63, 3.8) is 0 Å². The Hall–Kier alpha value is -0.510. The predicted molar refractivity (Wildman–Crippen MR) is 86.8 cm³/mol. The molecular weight excluding hydrogens is 349 g/mol. The average molecular weight is 358 g/mol. The van der Waals surface area contributed by atoms with E-state index in [-0.39, 0.29) is 0 Å². The number of anilines is 2. The number of nitrogen functional groups attached to an aromatic ring is 2. The summed E-state index contributed by atoms with van der Waals surface area (Å²) in [7, 11) is 0. The van der Waals surface area contributed by atoms with Crippen molar-refractivity contribution in [2.45, 2.75) is 0 Å². The fourth-order valence-corrected chi connectivity index (χ4v) is 2.10. The Balaban J connectivity index is 0.000000191. The zero-order valence-corrected chi connectivity index (χ0v) is 13.2. The van der Waals surface area contributed by atoms with E-state index in [0.717, 1.165) is 0 Å². The fraction of sp³-hybridized carbons (Fsp3) is 0. The highest BCUT2D eigenvalue weighted by Crippen LogP contribution is 2.31. The zero-order chi connectivity index (χ0) is 14.6. The van der Waals surface area contributed by atoms with Gasteiger partial charge in [0, 0.05) is 10.7 Å². The molecule has 0 saturated carbocycles. The molecule has 2 aromatic carbocycles. The van der Waals surface area contributed by atoms with Crippen molar-refractivity contribution in [3.8, 4) is 0 Å². The van der Waals surface area contributed by atoms with Crippen LogP contribution in [0.2, 0.25) is 25.1 Å². The summed E-state index contributed by atoms with van der Waals surface area (Å²) in [6.07, 6.45) is 0. The van der Waals surface area contributed by atoms with Crippen molar-refractivity contribution in [2.75, 3.05) is 11.5 Å². The molecule has 2 rings (SSSR count). The van der Waals surface area contributed by atoms with E-state index in [0.29, 0.717) is 36.5 Å². The molecule has 0 unspecified atom stereocenters. The molecule has 0 heterocycles. The smallest absolute Gasteiger partial charge is 0.0780 e. The van der Waals surface area contributed by atoms with Crippen molar-refractivity contribution < 1.29 is 0 Å². The van der Waals surface area contributed by atoms with Crippen LogP contribution in [0, 0.1) is 0 Å². The van der Waals surface area contributed by atoms with Crippen LogP contribution in [0.3, 0.4) is 0 Å². The Bertz CT molecular complexity index is 563. The van der Waals surface area contributed by atoms with Gasteiger partial charge in [0.25, 0.3) is 0 Å². The third-order valence-corrected chi connectivity index (χ3v) is 3.73. The summed E-state index contributed by atoms with van der Waals surface area (Å²) >= 11 is 28.1. The highest BCUT2D eigenvalue weighted by Gasteiger charge is 2.02. The lowest BCUT2D eigenvalue weighted by Crippen LogP contribution is -1.84. The van der Waals surface area contributed by atoms with Crippen LogP contribution in [0.4, 0.5) is 11.4 Å². The first kappa shape index (κ1) is 16.5. The van der Waals surface area contributed by atoms with Gasteiger partial charge in [-0.15, -0.1) is 0 Å². The van der Waals surface area contributed by atoms with Crippen molar-refractivity contribution >= 4 is 69.4 Å². The minimum atomic E-state index is 0.345. The van der Waals surface area contributed by atoms with E-state index in [9.17, 15) is 0 Å². The standard InChI is InChI=1S/C6H4Cl3N.C6H5Cl2N/c7-4-1-3(10)2-5(8)6(4)9;7-4-1-2-6(9)5(8)3-4/h1-2H,10H2;1-3H,9H2. The first-order chi connectivity index (χ1) is 8.81. The van der Waals surface area contributed by atoms with E-state index < -0.39 is 0 Å². The topological polar surface area (TPSA) is 52.0 Å². The summed E-state index contributed by atoms with van der Waals surface area (Å²) in [5, 5.41) is 2.22. The van der Waals surface area contributed by atoms with Gasteiger partial charge in [0.1, 0.15) is 0 Å². The number of halogens is 5. The molecule has 4 N–H and O–H groups in total. The molecule has 2 aromatic rings. The van der Waals surface area contributed by atoms with Gasteiger partial charge < -0.3 is 11.5 Å². The number of nitrogens with two attached hydrogens (primary N) is 2. The Labute approximate surface area is 136 Å². The summed E-state index contributed by atoms with van der Waals surface area (Å²) in [5.74, 6) is 0. The number of hydrogen-bond acceptors (Lipinski definition) is 2. The molecule has 0 aromatic heterocycles. The predicted octanol–water partition coefficient (Wildman–Crippen LogP) is 5.80. The lowest BCUT2D eigenvalue weighted by atomic mass is 10.3. The Kier molecular flexibility index (Phi) is 6.37. The van der Waals surface area contributed by atoms with Crippen LogP contribution in [0.15, 0.2) is 30.3 Å². The van der Waals surface area contributed by atoms with Crippen molar-refractivity contribution in [2.24, 2.45) is 0 Å².